The maximum atomic E-state index is 4.19. The van der Waals surface area contributed by atoms with Gasteiger partial charge in [0, 0.05) is 6.04 Å². The molecule has 2 aromatic rings. The summed E-state index contributed by atoms with van der Waals surface area (Å²) in [5, 5.41) is 10.9. The summed E-state index contributed by atoms with van der Waals surface area (Å²) in [5.41, 5.74) is 3.42. The van der Waals surface area contributed by atoms with Gasteiger partial charge < -0.3 is 4.90 Å². The molecule has 0 aliphatic rings. The normalized spacial score (nSPS) is 12.9. The number of nitrogens with zero attached hydrogens (tertiary/aromatic N) is 3. The van der Waals surface area contributed by atoms with Gasteiger partial charge in [0.05, 0.1) is 11.4 Å². The van der Waals surface area contributed by atoms with Crippen molar-refractivity contribution in [3.8, 4) is 0 Å². The Hall–Kier alpha value is -1.68. The molecule has 1 heterocycles. The Labute approximate surface area is 108 Å². The van der Waals surface area contributed by atoms with Gasteiger partial charge in [-0.2, -0.15) is 15.4 Å². The number of nitrogens with one attached hydrogen (secondary N) is 1. The van der Waals surface area contributed by atoms with Crippen molar-refractivity contribution in [3.63, 3.8) is 0 Å². The van der Waals surface area contributed by atoms with Gasteiger partial charge in [0.1, 0.15) is 0 Å². The summed E-state index contributed by atoms with van der Waals surface area (Å²) in [4.78, 5) is 2.25. The Morgan fingerprint density at radius 2 is 1.89 bits per heavy atom. The van der Waals surface area contributed by atoms with Crippen LogP contribution in [0.1, 0.15) is 29.4 Å². The largest absolute Gasteiger partial charge is 0.302 e. The Bertz CT molecular complexity index is 476. The standard InChI is InChI=1S/C14H20N4/c1-11-13(16-17-15-11)9-10-14(18(2)3)12-7-5-4-6-8-12/h4-8,14H,9-10H2,1-3H3,(H,15,16,17). The molecule has 1 aromatic heterocycles. The van der Waals surface area contributed by atoms with Gasteiger partial charge in [-0.25, -0.2) is 0 Å². The number of aryl methyl sites for hydroxylation is 2. The highest BCUT2D eigenvalue weighted by molar-refractivity contribution is 5.19. The first-order valence-corrected chi connectivity index (χ1v) is 6.26. The summed E-state index contributed by atoms with van der Waals surface area (Å²) in [6.45, 7) is 1.99. The Kier molecular flexibility index (Phi) is 4.10. The molecule has 0 aliphatic heterocycles. The lowest BCUT2D eigenvalue weighted by atomic mass is 10.00. The summed E-state index contributed by atoms with van der Waals surface area (Å²) < 4.78 is 0. The number of H-pyrrole nitrogens is 1. The molecule has 0 bridgehead atoms. The van der Waals surface area contributed by atoms with Crippen molar-refractivity contribution in [2.45, 2.75) is 25.8 Å². The third kappa shape index (κ3) is 2.96. The van der Waals surface area contributed by atoms with Crippen LogP contribution in [0.25, 0.3) is 0 Å². The van der Waals surface area contributed by atoms with Gasteiger partial charge >= 0.3 is 0 Å². The molecule has 2 rings (SSSR count). The second-order valence-corrected chi connectivity index (χ2v) is 4.78. The number of hydrogen-bond acceptors (Lipinski definition) is 3. The third-order valence-corrected chi connectivity index (χ3v) is 3.28. The van der Waals surface area contributed by atoms with Crippen LogP contribution >= 0.6 is 0 Å². The van der Waals surface area contributed by atoms with Gasteiger partial charge in [0.15, 0.2) is 0 Å². The lowest BCUT2D eigenvalue weighted by molar-refractivity contribution is 0.283. The highest BCUT2D eigenvalue weighted by Gasteiger charge is 2.15. The summed E-state index contributed by atoms with van der Waals surface area (Å²) in [6.07, 6.45) is 1.99. The van der Waals surface area contributed by atoms with Gasteiger partial charge in [-0.3, -0.25) is 0 Å². The van der Waals surface area contributed by atoms with Crippen molar-refractivity contribution in [2.75, 3.05) is 14.1 Å². The molecule has 1 atom stereocenters. The number of aromatic nitrogens is 3. The van der Waals surface area contributed by atoms with Crippen LogP contribution in [0.4, 0.5) is 0 Å². The molecular formula is C14H20N4. The fourth-order valence-electron chi connectivity index (χ4n) is 2.21. The van der Waals surface area contributed by atoms with Gasteiger partial charge in [0.2, 0.25) is 0 Å². The topological polar surface area (TPSA) is 44.8 Å². The second kappa shape index (κ2) is 5.78. The van der Waals surface area contributed by atoms with Gasteiger partial charge in [-0.05, 0) is 39.4 Å². The smallest absolute Gasteiger partial charge is 0.0854 e. The maximum absolute atomic E-state index is 4.19. The quantitative estimate of drug-likeness (QED) is 0.878. The zero-order valence-corrected chi connectivity index (χ0v) is 11.2. The summed E-state index contributed by atoms with van der Waals surface area (Å²) in [6, 6.07) is 11.0. The number of rotatable bonds is 5. The first-order valence-electron chi connectivity index (χ1n) is 6.26. The first-order chi connectivity index (χ1) is 8.68. The SMILES string of the molecule is Cc1n[nH]nc1CCC(c1ccccc1)N(C)C. The van der Waals surface area contributed by atoms with E-state index in [1.54, 1.807) is 0 Å². The molecule has 4 nitrogen and oxygen atoms in total. The fraction of sp³-hybridized carbons (Fsp3) is 0.429. The van der Waals surface area contributed by atoms with Gasteiger partial charge in [-0.15, -0.1) is 0 Å². The Balaban J connectivity index is 2.06. The lowest BCUT2D eigenvalue weighted by Gasteiger charge is -2.24. The highest BCUT2D eigenvalue weighted by atomic mass is 15.3. The highest BCUT2D eigenvalue weighted by Crippen LogP contribution is 2.23. The molecule has 1 unspecified atom stereocenters. The van der Waals surface area contributed by atoms with Crippen molar-refractivity contribution in [2.24, 2.45) is 0 Å². The zero-order chi connectivity index (χ0) is 13.0. The van der Waals surface area contributed by atoms with E-state index in [0.29, 0.717) is 6.04 Å². The van der Waals surface area contributed by atoms with Crippen LogP contribution < -0.4 is 0 Å². The van der Waals surface area contributed by atoms with E-state index < -0.39 is 0 Å². The van der Waals surface area contributed by atoms with Crippen molar-refractivity contribution in [3.05, 3.63) is 47.3 Å². The Morgan fingerprint density at radius 3 is 2.44 bits per heavy atom. The van der Waals surface area contributed by atoms with E-state index in [2.05, 4.69) is 64.7 Å². The molecular weight excluding hydrogens is 224 g/mol. The minimum atomic E-state index is 0.419. The minimum absolute atomic E-state index is 0.419. The molecule has 0 saturated carbocycles. The average molecular weight is 244 g/mol. The van der Waals surface area contributed by atoms with Gasteiger partial charge in [-0.1, -0.05) is 30.3 Å². The van der Waals surface area contributed by atoms with Crippen LogP contribution in [0.3, 0.4) is 0 Å². The maximum Gasteiger partial charge on any atom is 0.0854 e. The van der Waals surface area contributed by atoms with Crippen LogP contribution in [-0.4, -0.2) is 34.4 Å². The lowest BCUT2D eigenvalue weighted by Crippen LogP contribution is -2.20. The molecule has 96 valence electrons. The number of benzene rings is 1. The third-order valence-electron chi connectivity index (χ3n) is 3.28. The fourth-order valence-corrected chi connectivity index (χ4v) is 2.21. The molecule has 18 heavy (non-hydrogen) atoms. The van der Waals surface area contributed by atoms with E-state index >= 15 is 0 Å². The second-order valence-electron chi connectivity index (χ2n) is 4.78. The zero-order valence-electron chi connectivity index (χ0n) is 11.2. The molecule has 1 N–H and O–H groups in total. The van der Waals surface area contributed by atoms with Crippen molar-refractivity contribution >= 4 is 0 Å². The molecule has 0 amide bonds. The molecule has 0 radical (unpaired) electrons. The monoisotopic (exact) mass is 244 g/mol. The Morgan fingerprint density at radius 1 is 1.17 bits per heavy atom. The summed E-state index contributed by atoms with van der Waals surface area (Å²) in [7, 11) is 4.24. The molecule has 0 spiro atoms. The van der Waals surface area contributed by atoms with E-state index in [9.17, 15) is 0 Å². The molecule has 4 heteroatoms. The average Bonchev–Trinajstić information content (AvgIpc) is 2.76. The summed E-state index contributed by atoms with van der Waals surface area (Å²) in [5.74, 6) is 0. The number of aromatic amines is 1. The predicted molar refractivity (Wildman–Crippen MR) is 72.3 cm³/mol. The predicted octanol–water partition coefficient (Wildman–Crippen LogP) is 2.35. The van der Waals surface area contributed by atoms with Crippen molar-refractivity contribution < 1.29 is 0 Å². The molecule has 0 aliphatic carbocycles. The van der Waals surface area contributed by atoms with E-state index in [1.807, 2.05) is 6.92 Å². The van der Waals surface area contributed by atoms with Crippen molar-refractivity contribution in [1.29, 1.82) is 0 Å². The van der Waals surface area contributed by atoms with Crippen LogP contribution in [0.5, 0.6) is 0 Å². The molecule has 1 aromatic carbocycles. The molecule has 0 fully saturated rings. The van der Waals surface area contributed by atoms with E-state index in [-0.39, 0.29) is 0 Å². The van der Waals surface area contributed by atoms with Crippen LogP contribution in [0.2, 0.25) is 0 Å². The first kappa shape index (κ1) is 12.8. The summed E-state index contributed by atoms with van der Waals surface area (Å²) >= 11 is 0. The van der Waals surface area contributed by atoms with Crippen LogP contribution in [0.15, 0.2) is 30.3 Å². The minimum Gasteiger partial charge on any atom is -0.302 e. The van der Waals surface area contributed by atoms with E-state index in [4.69, 9.17) is 0 Å². The van der Waals surface area contributed by atoms with Gasteiger partial charge in [0.25, 0.3) is 0 Å². The molecule has 0 saturated heterocycles. The van der Waals surface area contributed by atoms with Crippen LogP contribution in [-0.2, 0) is 6.42 Å². The van der Waals surface area contributed by atoms with E-state index in [1.165, 1.54) is 5.56 Å². The van der Waals surface area contributed by atoms with Crippen molar-refractivity contribution in [1.82, 2.24) is 20.3 Å². The van der Waals surface area contributed by atoms with Crippen LogP contribution in [0, 0.1) is 6.92 Å². The van der Waals surface area contributed by atoms with E-state index in [0.717, 1.165) is 24.2 Å². The number of hydrogen-bond donors (Lipinski definition) is 1.